The highest BCUT2D eigenvalue weighted by Gasteiger charge is 2.23. The summed E-state index contributed by atoms with van der Waals surface area (Å²) >= 11 is 0. The van der Waals surface area contributed by atoms with Gasteiger partial charge in [-0.3, -0.25) is 4.57 Å². The minimum absolute atomic E-state index is 0.578. The Bertz CT molecular complexity index is 7430. The van der Waals surface area contributed by atoms with E-state index in [1.54, 1.807) is 0 Å². The molecule has 0 saturated heterocycles. The Morgan fingerprint density at radius 1 is 0.134 bits per heavy atom. The van der Waals surface area contributed by atoms with Crippen molar-refractivity contribution in [3.05, 3.63) is 413 Å². The van der Waals surface area contributed by atoms with E-state index >= 15 is 0 Å². The molecule has 0 spiro atoms. The van der Waals surface area contributed by atoms with E-state index < -0.39 is 0 Å². The molecule has 0 atom stereocenters. The first-order chi connectivity index (χ1) is 55.5. The van der Waals surface area contributed by atoms with Crippen molar-refractivity contribution in [2.24, 2.45) is 0 Å². The van der Waals surface area contributed by atoms with Gasteiger partial charge < -0.3 is 13.7 Å². The molecule has 22 rings (SSSR count). The van der Waals surface area contributed by atoms with Crippen LogP contribution in [-0.4, -0.2) is 28.2 Å². The molecular formula is C106H68N6. The number of hydrogen-bond donors (Lipinski definition) is 0. The van der Waals surface area contributed by atoms with Gasteiger partial charge in [-0.15, -0.1) is 0 Å². The summed E-state index contributed by atoms with van der Waals surface area (Å²) in [6.45, 7) is 0. The van der Waals surface area contributed by atoms with Crippen molar-refractivity contribution in [2.45, 2.75) is 0 Å². The lowest BCUT2D eigenvalue weighted by atomic mass is 9.92. The van der Waals surface area contributed by atoms with Crippen molar-refractivity contribution < 1.29 is 0 Å². The normalized spacial score (nSPS) is 11.8. The van der Waals surface area contributed by atoms with Gasteiger partial charge in [-0.05, 0) is 217 Å². The second-order valence-corrected chi connectivity index (χ2v) is 29.3. The number of nitrogens with zero attached hydrogens (tertiary/aromatic N) is 6. The summed E-state index contributed by atoms with van der Waals surface area (Å²) in [4.78, 5) is 11.5. The van der Waals surface area contributed by atoms with Gasteiger partial charge in [0.15, 0.2) is 0 Å². The smallest absolute Gasteiger partial charge is 0.235 e. The summed E-state index contributed by atoms with van der Waals surface area (Å²) in [6, 6.07) is 150. The largest absolute Gasteiger partial charge is 0.309 e. The molecule has 17 aromatic carbocycles. The van der Waals surface area contributed by atoms with Crippen LogP contribution in [0.3, 0.4) is 0 Å². The molecular weight excluding hydrogens is 1360 g/mol. The average Bonchev–Trinajstić information content (AvgIpc) is 1.62. The van der Waals surface area contributed by atoms with Crippen LogP contribution >= 0.6 is 0 Å². The number of fused-ring (bicyclic) bond motifs is 12. The zero-order valence-corrected chi connectivity index (χ0v) is 60.9. The van der Waals surface area contributed by atoms with Crippen LogP contribution in [0.15, 0.2) is 413 Å². The predicted octanol–water partition coefficient (Wildman–Crippen LogP) is 27.9. The Kier molecular flexibility index (Phi) is 15.2. The van der Waals surface area contributed by atoms with Crippen molar-refractivity contribution >= 4 is 87.2 Å². The third-order valence-corrected chi connectivity index (χ3v) is 22.7. The highest BCUT2D eigenvalue weighted by Crippen LogP contribution is 2.44. The standard InChI is InChI=1S/C106H68N6/c1-5-25-69(26-6-1)74-34-22-38-85(61-74)109-98-45-17-13-41-88(98)92-64-76(49-53-102(92)109)77-51-55-104-94(65-77)90-43-15-19-47-100(90)111(104)87-40-24-37-81(63-87)97-68-96(80-36-21-33-73(57-80)84-59-82(71-29-9-3-10-30-71)58-83(60-84)72-31-11-4-12-32-72)107-106(108-97)112-101-48-20-16-44-91(101)95-67-79(52-56-105(95)112)78-50-54-103-93(66-78)89-42-14-18-46-99(89)110(103)86-39-23-35-75(62-86)70-27-7-2-8-28-70/h1-68H. The number of hydrogen-bond acceptors (Lipinski definition) is 2. The maximum absolute atomic E-state index is 5.74. The summed E-state index contributed by atoms with van der Waals surface area (Å²) in [7, 11) is 0. The van der Waals surface area contributed by atoms with Crippen LogP contribution in [0.4, 0.5) is 0 Å². The van der Waals surface area contributed by atoms with Crippen molar-refractivity contribution in [1.82, 2.24) is 28.2 Å². The summed E-state index contributed by atoms with van der Waals surface area (Å²) < 4.78 is 9.52. The van der Waals surface area contributed by atoms with Gasteiger partial charge in [-0.2, -0.15) is 0 Å². The molecule has 6 nitrogen and oxygen atoms in total. The molecule has 0 bridgehead atoms. The van der Waals surface area contributed by atoms with Crippen LogP contribution < -0.4 is 0 Å². The van der Waals surface area contributed by atoms with Crippen LogP contribution in [0.1, 0.15) is 0 Å². The topological polar surface area (TPSA) is 45.5 Å². The van der Waals surface area contributed by atoms with E-state index in [1.807, 2.05) is 0 Å². The molecule has 0 aliphatic rings. The van der Waals surface area contributed by atoms with E-state index in [0.717, 1.165) is 134 Å². The number of para-hydroxylation sites is 4. The second kappa shape index (κ2) is 26.5. The number of rotatable bonds is 13. The van der Waals surface area contributed by atoms with Gasteiger partial charge in [0.05, 0.1) is 55.5 Å². The minimum atomic E-state index is 0.578. The third-order valence-electron chi connectivity index (χ3n) is 22.7. The first-order valence-corrected chi connectivity index (χ1v) is 38.3. The lowest BCUT2D eigenvalue weighted by Crippen LogP contribution is -2.04. The molecule has 0 amide bonds. The summed E-state index contributed by atoms with van der Waals surface area (Å²) in [5, 5.41) is 9.44. The van der Waals surface area contributed by atoms with E-state index in [2.05, 4.69) is 431 Å². The molecule has 0 N–H and O–H groups in total. The maximum atomic E-state index is 5.74. The molecule has 0 saturated carbocycles. The summed E-state index contributed by atoms with van der Waals surface area (Å²) in [6.07, 6.45) is 0. The zero-order valence-electron chi connectivity index (χ0n) is 60.9. The SMILES string of the molecule is c1ccc(-c2cc(-c3ccccc3)cc(-c3cccc(-c4cc(-c5cccc(-n6c7ccccc7c7cc(-c8ccc9c(c8)c8ccccc8n9-c8cccc(-c9ccccc9)c8)ccc76)c5)nc(-n5c6ccccc6c6cc(-c7ccc8c(c7)c7ccccc7n8-c7cccc(-c8ccccc8)c7)ccc65)n4)c3)c2)cc1. The van der Waals surface area contributed by atoms with Crippen LogP contribution in [0.2, 0.25) is 0 Å². The van der Waals surface area contributed by atoms with Crippen molar-refractivity contribution in [1.29, 1.82) is 0 Å². The van der Waals surface area contributed by atoms with Crippen LogP contribution in [0, 0.1) is 0 Å². The molecule has 0 fully saturated rings. The summed E-state index contributed by atoms with van der Waals surface area (Å²) in [5.74, 6) is 0.578. The second-order valence-electron chi connectivity index (χ2n) is 29.3. The fourth-order valence-corrected chi connectivity index (χ4v) is 17.5. The van der Waals surface area contributed by atoms with Crippen LogP contribution in [0.5, 0.6) is 0 Å². The molecule has 6 heteroatoms. The van der Waals surface area contributed by atoms with E-state index in [-0.39, 0.29) is 0 Å². The summed E-state index contributed by atoms with van der Waals surface area (Å²) in [5.41, 5.74) is 32.0. The van der Waals surface area contributed by atoms with Crippen molar-refractivity contribution in [2.75, 3.05) is 0 Å². The molecule has 22 aromatic rings. The van der Waals surface area contributed by atoms with Crippen molar-refractivity contribution in [3.8, 4) is 123 Å². The minimum Gasteiger partial charge on any atom is -0.309 e. The van der Waals surface area contributed by atoms with Gasteiger partial charge in [-0.25, -0.2) is 9.97 Å². The van der Waals surface area contributed by atoms with E-state index in [9.17, 15) is 0 Å². The van der Waals surface area contributed by atoms with E-state index in [0.29, 0.717) is 5.95 Å². The first kappa shape index (κ1) is 64.2. The monoisotopic (exact) mass is 1420 g/mol. The Hall–Kier alpha value is -15.0. The van der Waals surface area contributed by atoms with Gasteiger partial charge in [0, 0.05) is 71.3 Å². The Morgan fingerprint density at radius 2 is 0.366 bits per heavy atom. The maximum Gasteiger partial charge on any atom is 0.235 e. The molecule has 0 aliphatic heterocycles. The highest BCUT2D eigenvalue weighted by atomic mass is 15.2. The lowest BCUT2D eigenvalue weighted by Gasteiger charge is -2.15. The molecule has 112 heavy (non-hydrogen) atoms. The van der Waals surface area contributed by atoms with Gasteiger partial charge in [0.2, 0.25) is 5.95 Å². The highest BCUT2D eigenvalue weighted by molar-refractivity contribution is 6.15. The molecule has 0 aliphatic carbocycles. The lowest BCUT2D eigenvalue weighted by molar-refractivity contribution is 0.995. The van der Waals surface area contributed by atoms with Crippen molar-refractivity contribution in [3.63, 3.8) is 0 Å². The van der Waals surface area contributed by atoms with Gasteiger partial charge >= 0.3 is 0 Å². The predicted molar refractivity (Wildman–Crippen MR) is 468 cm³/mol. The van der Waals surface area contributed by atoms with Gasteiger partial charge in [0.25, 0.3) is 0 Å². The zero-order chi connectivity index (χ0) is 73.7. The molecule has 0 radical (unpaired) electrons. The Balaban J connectivity index is 0.679. The molecule has 5 aromatic heterocycles. The fourth-order valence-electron chi connectivity index (χ4n) is 17.5. The fraction of sp³-hybridized carbons (Fsp3) is 0. The van der Waals surface area contributed by atoms with E-state index in [4.69, 9.17) is 9.97 Å². The third kappa shape index (κ3) is 10.9. The molecule has 0 unspecified atom stereocenters. The Morgan fingerprint density at radius 3 is 0.732 bits per heavy atom. The first-order valence-electron chi connectivity index (χ1n) is 38.3. The number of benzene rings is 17. The average molecular weight is 1430 g/mol. The van der Waals surface area contributed by atoms with E-state index in [1.165, 1.54) is 71.1 Å². The Labute approximate surface area is 647 Å². The van der Waals surface area contributed by atoms with Gasteiger partial charge in [0.1, 0.15) is 0 Å². The molecule has 522 valence electrons. The van der Waals surface area contributed by atoms with Crippen LogP contribution in [0.25, 0.3) is 211 Å². The quantitative estimate of drug-likeness (QED) is 0.115. The number of aromatic nitrogens is 6. The molecule has 5 heterocycles. The van der Waals surface area contributed by atoms with Gasteiger partial charge in [-0.1, -0.05) is 273 Å². The van der Waals surface area contributed by atoms with Crippen LogP contribution in [-0.2, 0) is 0 Å².